The van der Waals surface area contributed by atoms with Gasteiger partial charge in [0.25, 0.3) is 0 Å². The molecule has 1 saturated heterocycles. The fourth-order valence-corrected chi connectivity index (χ4v) is 2.54. The maximum Gasteiger partial charge on any atom is 0.224 e. The Hall–Kier alpha value is -1.07. The van der Waals surface area contributed by atoms with E-state index >= 15 is 0 Å². The molecule has 0 radical (unpaired) electrons. The Morgan fingerprint density at radius 1 is 1.37 bits per heavy atom. The van der Waals surface area contributed by atoms with Crippen LogP contribution >= 0.6 is 11.6 Å². The van der Waals surface area contributed by atoms with Crippen molar-refractivity contribution in [3.63, 3.8) is 0 Å². The van der Waals surface area contributed by atoms with Crippen LogP contribution in [0.2, 0.25) is 5.02 Å². The summed E-state index contributed by atoms with van der Waals surface area (Å²) in [6.45, 7) is 8.56. The molecular weight excluding hydrogens is 262 g/mol. The van der Waals surface area contributed by atoms with E-state index in [9.17, 15) is 0 Å². The third-order valence-corrected chi connectivity index (χ3v) is 4.04. The van der Waals surface area contributed by atoms with E-state index in [-0.39, 0.29) is 0 Å². The summed E-state index contributed by atoms with van der Waals surface area (Å²) < 4.78 is 0. The fourth-order valence-electron chi connectivity index (χ4n) is 2.33. The molecular formula is C13H22ClN5. The van der Waals surface area contributed by atoms with Crippen molar-refractivity contribution in [1.82, 2.24) is 14.9 Å². The molecule has 0 bridgehead atoms. The van der Waals surface area contributed by atoms with E-state index < -0.39 is 0 Å². The van der Waals surface area contributed by atoms with Crippen LogP contribution in [0.25, 0.3) is 0 Å². The third kappa shape index (κ3) is 3.28. The van der Waals surface area contributed by atoms with Crippen LogP contribution in [0.3, 0.4) is 0 Å². The molecule has 6 heteroatoms. The van der Waals surface area contributed by atoms with Gasteiger partial charge in [-0.05, 0) is 13.3 Å². The molecule has 19 heavy (non-hydrogen) atoms. The number of hydrogen-bond donors (Lipinski definition) is 1. The van der Waals surface area contributed by atoms with Crippen molar-refractivity contribution in [1.29, 1.82) is 0 Å². The summed E-state index contributed by atoms with van der Waals surface area (Å²) in [5.41, 5.74) is 0. The number of nitrogens with zero attached hydrogens (tertiary/aromatic N) is 4. The predicted molar refractivity (Wildman–Crippen MR) is 80.1 cm³/mol. The molecule has 1 aliphatic heterocycles. The van der Waals surface area contributed by atoms with Crippen molar-refractivity contribution in [2.24, 2.45) is 0 Å². The minimum absolute atomic E-state index is 0.615. The van der Waals surface area contributed by atoms with Crippen LogP contribution in [0.4, 0.5) is 11.8 Å². The maximum atomic E-state index is 6.20. The lowest BCUT2D eigenvalue weighted by molar-refractivity contribution is 0.192. The molecule has 0 spiro atoms. The second-order valence-electron chi connectivity index (χ2n) is 4.90. The lowest BCUT2D eigenvalue weighted by Crippen LogP contribution is -2.49. The van der Waals surface area contributed by atoms with Crippen LogP contribution < -0.4 is 10.2 Å². The molecule has 0 aliphatic carbocycles. The fraction of sp³-hybridized carbons (Fsp3) is 0.692. The number of anilines is 2. The molecule has 1 atom stereocenters. The second-order valence-corrected chi connectivity index (χ2v) is 5.30. The lowest BCUT2D eigenvalue weighted by atomic mass is 10.2. The molecule has 2 heterocycles. The first-order valence-electron chi connectivity index (χ1n) is 6.85. The van der Waals surface area contributed by atoms with Gasteiger partial charge in [0.15, 0.2) is 5.82 Å². The van der Waals surface area contributed by atoms with E-state index in [1.54, 1.807) is 6.20 Å². The van der Waals surface area contributed by atoms with Gasteiger partial charge in [0.1, 0.15) is 5.02 Å². The van der Waals surface area contributed by atoms with Crippen molar-refractivity contribution >= 4 is 23.4 Å². The van der Waals surface area contributed by atoms with Gasteiger partial charge in [-0.15, -0.1) is 0 Å². The first kappa shape index (κ1) is 14.3. The van der Waals surface area contributed by atoms with Crippen LogP contribution in [-0.4, -0.2) is 54.1 Å². The number of hydrogen-bond acceptors (Lipinski definition) is 5. The summed E-state index contributed by atoms with van der Waals surface area (Å²) >= 11 is 6.20. The largest absolute Gasteiger partial charge is 0.357 e. The number of piperazine rings is 1. The van der Waals surface area contributed by atoms with Gasteiger partial charge in [-0.1, -0.05) is 18.5 Å². The monoisotopic (exact) mass is 283 g/mol. The van der Waals surface area contributed by atoms with E-state index in [4.69, 9.17) is 11.6 Å². The van der Waals surface area contributed by atoms with Gasteiger partial charge in [0, 0.05) is 39.3 Å². The Balaban J connectivity index is 2.05. The Morgan fingerprint density at radius 2 is 2.05 bits per heavy atom. The van der Waals surface area contributed by atoms with E-state index in [0.29, 0.717) is 17.0 Å². The highest BCUT2D eigenvalue weighted by Gasteiger charge is 2.22. The minimum atomic E-state index is 0.615. The Labute approximate surface area is 120 Å². The van der Waals surface area contributed by atoms with Gasteiger partial charge in [0.2, 0.25) is 5.95 Å². The quantitative estimate of drug-likeness (QED) is 0.917. The lowest BCUT2D eigenvalue weighted by Gasteiger charge is -2.38. The van der Waals surface area contributed by atoms with Crippen LogP contribution in [0.1, 0.15) is 20.3 Å². The topological polar surface area (TPSA) is 44.3 Å². The molecule has 1 fully saturated rings. The van der Waals surface area contributed by atoms with Gasteiger partial charge in [-0.2, -0.15) is 4.98 Å². The SMILES string of the molecule is CCC(C)N1CCN(c2nc(NC)ncc2Cl)CC1. The van der Waals surface area contributed by atoms with Crippen LogP contribution in [0.15, 0.2) is 6.20 Å². The van der Waals surface area contributed by atoms with E-state index in [0.717, 1.165) is 32.0 Å². The van der Waals surface area contributed by atoms with Crippen molar-refractivity contribution in [2.75, 3.05) is 43.4 Å². The summed E-state index contributed by atoms with van der Waals surface area (Å²) in [6.07, 6.45) is 2.86. The van der Waals surface area contributed by atoms with E-state index in [1.807, 2.05) is 7.05 Å². The standard InChI is InChI=1S/C13H22ClN5/c1-4-10(2)18-5-7-19(8-6-18)12-11(14)9-16-13(15-3)17-12/h9-10H,4-8H2,1-3H3,(H,15,16,17). The molecule has 5 nitrogen and oxygen atoms in total. The number of aromatic nitrogens is 2. The molecule has 2 rings (SSSR count). The number of halogens is 1. The third-order valence-electron chi connectivity index (χ3n) is 3.78. The minimum Gasteiger partial charge on any atom is -0.357 e. The molecule has 1 aromatic heterocycles. The molecule has 1 aliphatic rings. The zero-order valence-electron chi connectivity index (χ0n) is 11.9. The summed E-state index contributed by atoms with van der Waals surface area (Å²) in [4.78, 5) is 13.3. The van der Waals surface area contributed by atoms with Crippen molar-refractivity contribution in [3.8, 4) is 0 Å². The van der Waals surface area contributed by atoms with Crippen molar-refractivity contribution < 1.29 is 0 Å². The zero-order chi connectivity index (χ0) is 13.8. The van der Waals surface area contributed by atoms with Crippen LogP contribution in [0, 0.1) is 0 Å². The smallest absolute Gasteiger partial charge is 0.224 e. The summed E-state index contributed by atoms with van der Waals surface area (Å²) in [6, 6.07) is 0.649. The Morgan fingerprint density at radius 3 is 2.63 bits per heavy atom. The first-order chi connectivity index (χ1) is 9.15. The predicted octanol–water partition coefficient (Wildman–Crippen LogP) is 2.09. The highest BCUT2D eigenvalue weighted by molar-refractivity contribution is 6.32. The molecule has 0 saturated carbocycles. The Bertz CT molecular complexity index is 417. The maximum absolute atomic E-state index is 6.20. The van der Waals surface area contributed by atoms with Gasteiger partial charge in [-0.25, -0.2) is 4.98 Å². The molecule has 1 N–H and O–H groups in total. The number of nitrogens with one attached hydrogen (secondary N) is 1. The van der Waals surface area contributed by atoms with Gasteiger partial charge >= 0.3 is 0 Å². The average Bonchev–Trinajstić information content (AvgIpc) is 2.47. The summed E-state index contributed by atoms with van der Waals surface area (Å²) in [7, 11) is 1.81. The van der Waals surface area contributed by atoms with Gasteiger partial charge in [-0.3, -0.25) is 4.90 Å². The van der Waals surface area contributed by atoms with Crippen molar-refractivity contribution in [3.05, 3.63) is 11.2 Å². The molecule has 0 amide bonds. The first-order valence-corrected chi connectivity index (χ1v) is 7.22. The van der Waals surface area contributed by atoms with Crippen LogP contribution in [0.5, 0.6) is 0 Å². The van der Waals surface area contributed by atoms with Gasteiger partial charge in [0.05, 0.1) is 6.20 Å². The molecule has 1 unspecified atom stereocenters. The summed E-state index contributed by atoms with van der Waals surface area (Å²) in [5, 5.41) is 3.57. The summed E-state index contributed by atoms with van der Waals surface area (Å²) in [5.74, 6) is 1.45. The highest BCUT2D eigenvalue weighted by atomic mass is 35.5. The van der Waals surface area contributed by atoms with Gasteiger partial charge < -0.3 is 10.2 Å². The zero-order valence-corrected chi connectivity index (χ0v) is 12.6. The molecule has 106 valence electrons. The van der Waals surface area contributed by atoms with Crippen LogP contribution in [-0.2, 0) is 0 Å². The normalized spacial score (nSPS) is 18.4. The average molecular weight is 284 g/mol. The molecule has 0 aromatic carbocycles. The molecule has 1 aromatic rings. The Kier molecular flexibility index (Phi) is 4.82. The number of rotatable bonds is 4. The van der Waals surface area contributed by atoms with Crippen molar-refractivity contribution in [2.45, 2.75) is 26.3 Å². The highest BCUT2D eigenvalue weighted by Crippen LogP contribution is 2.25. The van der Waals surface area contributed by atoms with E-state index in [2.05, 4.69) is 38.9 Å². The van der Waals surface area contributed by atoms with E-state index in [1.165, 1.54) is 6.42 Å². The second kappa shape index (κ2) is 6.39.